The van der Waals surface area contributed by atoms with E-state index in [-0.39, 0.29) is 6.04 Å². The van der Waals surface area contributed by atoms with Crippen molar-refractivity contribution in [3.8, 4) is 0 Å². The highest BCUT2D eigenvalue weighted by Gasteiger charge is 2.09. The fourth-order valence-electron chi connectivity index (χ4n) is 1.65. The summed E-state index contributed by atoms with van der Waals surface area (Å²) in [7, 11) is 1.86. The summed E-state index contributed by atoms with van der Waals surface area (Å²) < 4.78 is 1.73. The Hall–Kier alpha value is -1.27. The lowest BCUT2D eigenvalue weighted by Gasteiger charge is -2.07. The molecular weight excluding hydrogens is 234 g/mol. The third-order valence-electron chi connectivity index (χ3n) is 2.55. The number of anilines is 1. The van der Waals surface area contributed by atoms with Crippen molar-refractivity contribution in [1.82, 2.24) is 15.0 Å². The predicted molar refractivity (Wildman–Crippen MR) is 72.7 cm³/mol. The van der Waals surface area contributed by atoms with Gasteiger partial charge in [0.1, 0.15) is 5.52 Å². The molecule has 0 bridgehead atoms. The van der Waals surface area contributed by atoms with Gasteiger partial charge in [-0.1, -0.05) is 11.3 Å². The first-order valence-corrected chi connectivity index (χ1v) is 6.65. The molecule has 1 aromatic carbocycles. The second kappa shape index (κ2) is 4.93. The first kappa shape index (κ1) is 12.2. The zero-order valence-corrected chi connectivity index (χ0v) is 10.9. The van der Waals surface area contributed by atoms with Crippen LogP contribution in [0, 0.1) is 0 Å². The van der Waals surface area contributed by atoms with E-state index in [0.717, 1.165) is 33.8 Å². The van der Waals surface area contributed by atoms with Crippen LogP contribution < -0.4 is 11.5 Å². The number of rotatable bonds is 4. The Morgan fingerprint density at radius 3 is 2.94 bits per heavy atom. The summed E-state index contributed by atoms with van der Waals surface area (Å²) in [6.45, 7) is 2.00. The SMILES string of the molecule is C[C@@H](N)CSCc1ccc2c(nnn2C)c1N. The average Bonchev–Trinajstić information content (AvgIpc) is 2.64. The van der Waals surface area contributed by atoms with Crippen molar-refractivity contribution in [1.29, 1.82) is 0 Å². The van der Waals surface area contributed by atoms with Crippen LogP contribution in [0.1, 0.15) is 12.5 Å². The van der Waals surface area contributed by atoms with Crippen LogP contribution in [0.3, 0.4) is 0 Å². The number of aryl methyl sites for hydroxylation is 1. The fraction of sp³-hybridized carbons (Fsp3) is 0.455. The lowest BCUT2D eigenvalue weighted by atomic mass is 10.2. The molecule has 1 aromatic heterocycles. The molecule has 0 unspecified atom stereocenters. The molecule has 1 heterocycles. The molecule has 0 aliphatic carbocycles. The van der Waals surface area contributed by atoms with Gasteiger partial charge in [0.2, 0.25) is 0 Å². The molecule has 2 rings (SSSR count). The smallest absolute Gasteiger partial charge is 0.136 e. The molecule has 1 atom stereocenters. The Bertz CT molecular complexity index is 520. The van der Waals surface area contributed by atoms with E-state index in [0.29, 0.717) is 0 Å². The van der Waals surface area contributed by atoms with Gasteiger partial charge in [-0.25, -0.2) is 4.68 Å². The minimum atomic E-state index is 0.210. The van der Waals surface area contributed by atoms with Crippen LogP contribution in [-0.4, -0.2) is 26.8 Å². The molecule has 0 aliphatic heterocycles. The summed E-state index contributed by atoms with van der Waals surface area (Å²) >= 11 is 1.78. The second-order valence-corrected chi connectivity index (χ2v) is 5.24. The van der Waals surface area contributed by atoms with E-state index < -0.39 is 0 Å². The third kappa shape index (κ3) is 2.53. The first-order valence-electron chi connectivity index (χ1n) is 5.49. The number of nitrogen functional groups attached to an aromatic ring is 1. The van der Waals surface area contributed by atoms with Crippen LogP contribution in [-0.2, 0) is 12.8 Å². The van der Waals surface area contributed by atoms with Crippen LogP contribution in [0.2, 0.25) is 0 Å². The van der Waals surface area contributed by atoms with Gasteiger partial charge in [-0.05, 0) is 18.6 Å². The standard InChI is InChI=1S/C11H17N5S/c1-7(12)5-17-6-8-3-4-9-11(10(8)13)14-15-16(9)2/h3-4,7H,5-6,12-13H2,1-2H3/t7-/m1/s1. The molecule has 0 aliphatic rings. The molecule has 0 spiro atoms. The summed E-state index contributed by atoms with van der Waals surface area (Å²) in [5.41, 5.74) is 15.4. The third-order valence-corrected chi connectivity index (χ3v) is 3.83. The van der Waals surface area contributed by atoms with Gasteiger partial charge in [0.25, 0.3) is 0 Å². The molecule has 6 heteroatoms. The van der Waals surface area contributed by atoms with Gasteiger partial charge in [-0.3, -0.25) is 0 Å². The maximum absolute atomic E-state index is 6.09. The number of nitrogens with zero attached hydrogens (tertiary/aromatic N) is 3. The molecule has 0 fully saturated rings. The molecule has 92 valence electrons. The van der Waals surface area contributed by atoms with Crippen LogP contribution in [0.5, 0.6) is 0 Å². The number of thioether (sulfide) groups is 1. The van der Waals surface area contributed by atoms with Crippen molar-refractivity contribution in [2.75, 3.05) is 11.5 Å². The topological polar surface area (TPSA) is 82.8 Å². The van der Waals surface area contributed by atoms with Crippen LogP contribution >= 0.6 is 11.8 Å². The second-order valence-electron chi connectivity index (χ2n) is 4.21. The summed E-state index contributed by atoms with van der Waals surface area (Å²) in [5, 5.41) is 8.04. The van der Waals surface area contributed by atoms with E-state index in [1.807, 2.05) is 26.1 Å². The number of fused-ring (bicyclic) bond motifs is 1. The van der Waals surface area contributed by atoms with Crippen molar-refractivity contribution in [2.45, 2.75) is 18.7 Å². The van der Waals surface area contributed by atoms with Crippen molar-refractivity contribution in [3.05, 3.63) is 17.7 Å². The minimum absolute atomic E-state index is 0.210. The monoisotopic (exact) mass is 251 g/mol. The highest BCUT2D eigenvalue weighted by molar-refractivity contribution is 7.98. The first-order chi connectivity index (χ1) is 8.09. The summed E-state index contributed by atoms with van der Waals surface area (Å²) in [5.74, 6) is 1.79. The number of hydrogen-bond donors (Lipinski definition) is 2. The van der Waals surface area contributed by atoms with Crippen LogP contribution in [0.15, 0.2) is 12.1 Å². The van der Waals surface area contributed by atoms with Gasteiger partial charge in [0, 0.05) is 24.6 Å². The lowest BCUT2D eigenvalue weighted by molar-refractivity contribution is 0.736. The Morgan fingerprint density at radius 1 is 1.47 bits per heavy atom. The maximum Gasteiger partial charge on any atom is 0.136 e. The van der Waals surface area contributed by atoms with Gasteiger partial charge in [-0.15, -0.1) is 5.10 Å². The van der Waals surface area contributed by atoms with E-state index in [4.69, 9.17) is 11.5 Å². The number of benzene rings is 1. The summed E-state index contributed by atoms with van der Waals surface area (Å²) in [4.78, 5) is 0. The predicted octanol–water partition coefficient (Wildman–Crippen LogP) is 1.13. The molecule has 0 amide bonds. The summed E-state index contributed by atoms with van der Waals surface area (Å²) in [6, 6.07) is 4.25. The Labute approximate surface area is 105 Å². The molecule has 4 N–H and O–H groups in total. The fourth-order valence-corrected chi connectivity index (χ4v) is 2.61. The molecule has 0 saturated carbocycles. The Kier molecular flexibility index (Phi) is 3.54. The Balaban J connectivity index is 2.21. The van der Waals surface area contributed by atoms with Crippen molar-refractivity contribution in [3.63, 3.8) is 0 Å². The van der Waals surface area contributed by atoms with Crippen LogP contribution in [0.25, 0.3) is 11.0 Å². The van der Waals surface area contributed by atoms with E-state index >= 15 is 0 Å². The van der Waals surface area contributed by atoms with Gasteiger partial charge in [-0.2, -0.15) is 11.8 Å². The summed E-state index contributed by atoms with van der Waals surface area (Å²) in [6.07, 6.45) is 0. The van der Waals surface area contributed by atoms with Crippen LogP contribution in [0.4, 0.5) is 5.69 Å². The van der Waals surface area contributed by atoms with Crippen molar-refractivity contribution in [2.24, 2.45) is 12.8 Å². The van der Waals surface area contributed by atoms with Gasteiger partial charge in [0.05, 0.1) is 11.2 Å². The molecule has 0 radical (unpaired) electrons. The van der Waals surface area contributed by atoms with E-state index in [2.05, 4.69) is 10.3 Å². The lowest BCUT2D eigenvalue weighted by Crippen LogP contribution is -2.17. The molecule has 0 saturated heterocycles. The number of nitrogens with two attached hydrogens (primary N) is 2. The quantitative estimate of drug-likeness (QED) is 0.796. The van der Waals surface area contributed by atoms with Gasteiger partial charge >= 0.3 is 0 Å². The van der Waals surface area contributed by atoms with Gasteiger partial charge < -0.3 is 11.5 Å². The minimum Gasteiger partial charge on any atom is -0.397 e. The zero-order valence-electron chi connectivity index (χ0n) is 10.1. The molecular formula is C11H17N5S. The number of hydrogen-bond acceptors (Lipinski definition) is 5. The van der Waals surface area contributed by atoms with Crippen molar-refractivity contribution >= 4 is 28.5 Å². The normalized spacial score (nSPS) is 13.1. The van der Waals surface area contributed by atoms with Crippen molar-refractivity contribution < 1.29 is 0 Å². The zero-order chi connectivity index (χ0) is 12.4. The maximum atomic E-state index is 6.09. The number of aromatic nitrogens is 3. The molecule has 5 nitrogen and oxygen atoms in total. The molecule has 2 aromatic rings. The molecule has 17 heavy (non-hydrogen) atoms. The van der Waals surface area contributed by atoms with E-state index in [9.17, 15) is 0 Å². The highest BCUT2D eigenvalue weighted by atomic mass is 32.2. The largest absolute Gasteiger partial charge is 0.397 e. The van der Waals surface area contributed by atoms with Gasteiger partial charge in [0.15, 0.2) is 0 Å². The van der Waals surface area contributed by atoms with E-state index in [1.165, 1.54) is 0 Å². The van der Waals surface area contributed by atoms with E-state index in [1.54, 1.807) is 16.4 Å². The Morgan fingerprint density at radius 2 is 2.24 bits per heavy atom. The average molecular weight is 251 g/mol. The highest BCUT2D eigenvalue weighted by Crippen LogP contribution is 2.25.